The number of pyridine rings is 2. The maximum atomic E-state index is 13.2. The summed E-state index contributed by atoms with van der Waals surface area (Å²) in [6.45, 7) is 0.515. The largest absolute Gasteiger partial charge is 0.367 e. The highest BCUT2D eigenvalue weighted by Crippen LogP contribution is 2.11. The third kappa shape index (κ3) is 3.21. The Hall–Kier alpha value is -2.04. The lowest BCUT2D eigenvalue weighted by molar-refractivity contribution is 0.575. The minimum Gasteiger partial charge on any atom is -0.367 e. The molecule has 3 nitrogen and oxygen atoms in total. The number of nitrogens with zero attached hydrogens (tertiary/aromatic N) is 2. The summed E-state index contributed by atoms with van der Waals surface area (Å²) in [5.74, 6) is -1.30. The molecule has 88 valence electrons. The topological polar surface area (TPSA) is 37.8 Å². The van der Waals surface area contributed by atoms with Gasteiger partial charge in [0, 0.05) is 25.0 Å². The van der Waals surface area contributed by atoms with Crippen molar-refractivity contribution in [3.63, 3.8) is 0 Å². The fourth-order valence-electron chi connectivity index (χ4n) is 1.42. The van der Waals surface area contributed by atoms with E-state index in [0.717, 1.165) is 17.8 Å². The van der Waals surface area contributed by atoms with Crippen LogP contribution in [0.15, 0.2) is 36.8 Å². The SMILES string of the molecule is Fc1cnc(NCCc2cccnc2)c(F)c1. The van der Waals surface area contributed by atoms with Gasteiger partial charge >= 0.3 is 0 Å². The molecule has 2 heterocycles. The summed E-state index contributed by atoms with van der Waals surface area (Å²) in [6.07, 6.45) is 5.12. The van der Waals surface area contributed by atoms with Gasteiger partial charge in [-0.3, -0.25) is 4.98 Å². The first-order valence-electron chi connectivity index (χ1n) is 5.19. The molecule has 0 spiro atoms. The molecule has 2 rings (SSSR count). The van der Waals surface area contributed by atoms with Gasteiger partial charge in [-0.2, -0.15) is 0 Å². The summed E-state index contributed by atoms with van der Waals surface area (Å²) in [4.78, 5) is 7.60. The van der Waals surface area contributed by atoms with Gasteiger partial charge in [0.05, 0.1) is 6.20 Å². The maximum absolute atomic E-state index is 13.2. The number of nitrogens with one attached hydrogen (secondary N) is 1. The number of hydrogen-bond donors (Lipinski definition) is 1. The van der Waals surface area contributed by atoms with E-state index in [1.54, 1.807) is 12.4 Å². The van der Waals surface area contributed by atoms with E-state index in [1.807, 2.05) is 12.1 Å². The molecule has 0 aliphatic heterocycles. The molecule has 0 amide bonds. The molecule has 0 aromatic carbocycles. The first-order chi connectivity index (χ1) is 8.25. The summed E-state index contributed by atoms with van der Waals surface area (Å²) < 4.78 is 25.8. The summed E-state index contributed by atoms with van der Waals surface area (Å²) in [5, 5.41) is 2.81. The average molecular weight is 235 g/mol. The van der Waals surface area contributed by atoms with Gasteiger partial charge in [0.25, 0.3) is 0 Å². The van der Waals surface area contributed by atoms with E-state index in [1.165, 1.54) is 0 Å². The van der Waals surface area contributed by atoms with Crippen LogP contribution in [-0.4, -0.2) is 16.5 Å². The van der Waals surface area contributed by atoms with Crippen molar-refractivity contribution in [2.45, 2.75) is 6.42 Å². The van der Waals surface area contributed by atoms with Crippen LogP contribution >= 0.6 is 0 Å². The highest BCUT2D eigenvalue weighted by molar-refractivity contribution is 5.35. The zero-order valence-corrected chi connectivity index (χ0v) is 9.03. The van der Waals surface area contributed by atoms with Crippen LogP contribution in [0.1, 0.15) is 5.56 Å². The van der Waals surface area contributed by atoms with Crippen molar-refractivity contribution >= 4 is 5.82 Å². The molecule has 0 fully saturated rings. The fraction of sp³-hybridized carbons (Fsp3) is 0.167. The molecule has 17 heavy (non-hydrogen) atoms. The van der Waals surface area contributed by atoms with Crippen molar-refractivity contribution < 1.29 is 8.78 Å². The smallest absolute Gasteiger partial charge is 0.168 e. The lowest BCUT2D eigenvalue weighted by Crippen LogP contribution is -2.08. The van der Waals surface area contributed by atoms with E-state index in [0.29, 0.717) is 13.0 Å². The lowest BCUT2D eigenvalue weighted by atomic mass is 10.2. The van der Waals surface area contributed by atoms with Crippen LogP contribution in [0.2, 0.25) is 0 Å². The second-order valence-corrected chi connectivity index (χ2v) is 3.52. The van der Waals surface area contributed by atoms with Crippen molar-refractivity contribution in [2.75, 3.05) is 11.9 Å². The molecule has 1 N–H and O–H groups in total. The highest BCUT2D eigenvalue weighted by Gasteiger charge is 2.04. The Labute approximate surface area is 97.5 Å². The normalized spacial score (nSPS) is 10.2. The molecule has 0 aliphatic carbocycles. The number of anilines is 1. The average Bonchev–Trinajstić information content (AvgIpc) is 2.33. The fourth-order valence-corrected chi connectivity index (χ4v) is 1.42. The van der Waals surface area contributed by atoms with Crippen LogP contribution in [0.4, 0.5) is 14.6 Å². The van der Waals surface area contributed by atoms with Crippen LogP contribution in [0, 0.1) is 11.6 Å². The monoisotopic (exact) mass is 235 g/mol. The van der Waals surface area contributed by atoms with Crippen molar-refractivity contribution in [3.8, 4) is 0 Å². The van der Waals surface area contributed by atoms with E-state index >= 15 is 0 Å². The molecule has 0 radical (unpaired) electrons. The minimum absolute atomic E-state index is 0.0651. The molecule has 0 saturated heterocycles. The predicted molar refractivity (Wildman–Crippen MR) is 60.6 cm³/mol. The Morgan fingerprint density at radius 1 is 1.24 bits per heavy atom. The Morgan fingerprint density at radius 3 is 2.82 bits per heavy atom. The van der Waals surface area contributed by atoms with Crippen LogP contribution < -0.4 is 5.32 Å². The standard InChI is InChI=1S/C12H11F2N3/c13-10-6-11(14)12(17-8-10)16-5-3-9-2-1-4-15-7-9/h1-2,4,6-8H,3,5H2,(H,16,17). The number of halogens is 2. The van der Waals surface area contributed by atoms with E-state index in [-0.39, 0.29) is 5.82 Å². The van der Waals surface area contributed by atoms with Gasteiger partial charge in [0.15, 0.2) is 11.6 Å². The second kappa shape index (κ2) is 5.34. The molecule has 0 saturated carbocycles. The Morgan fingerprint density at radius 2 is 2.12 bits per heavy atom. The molecular weight excluding hydrogens is 224 g/mol. The highest BCUT2D eigenvalue weighted by atomic mass is 19.1. The molecule has 0 bridgehead atoms. The van der Waals surface area contributed by atoms with E-state index in [4.69, 9.17) is 0 Å². The van der Waals surface area contributed by atoms with Gasteiger partial charge < -0.3 is 5.32 Å². The number of hydrogen-bond acceptors (Lipinski definition) is 3. The van der Waals surface area contributed by atoms with Gasteiger partial charge in [0.1, 0.15) is 5.82 Å². The van der Waals surface area contributed by atoms with Gasteiger partial charge in [-0.05, 0) is 18.1 Å². The third-order valence-corrected chi connectivity index (χ3v) is 2.24. The van der Waals surface area contributed by atoms with E-state index in [2.05, 4.69) is 15.3 Å². The number of aromatic nitrogens is 2. The van der Waals surface area contributed by atoms with Crippen molar-refractivity contribution in [1.29, 1.82) is 0 Å². The van der Waals surface area contributed by atoms with Gasteiger partial charge in [-0.25, -0.2) is 13.8 Å². The zero-order valence-electron chi connectivity index (χ0n) is 9.03. The molecule has 2 aromatic rings. The quantitative estimate of drug-likeness (QED) is 0.884. The van der Waals surface area contributed by atoms with E-state index < -0.39 is 11.6 Å². The minimum atomic E-state index is -0.684. The van der Waals surface area contributed by atoms with Crippen LogP contribution in [0.3, 0.4) is 0 Å². The third-order valence-electron chi connectivity index (χ3n) is 2.24. The van der Waals surface area contributed by atoms with Crippen molar-refractivity contribution in [2.24, 2.45) is 0 Å². The van der Waals surface area contributed by atoms with Crippen molar-refractivity contribution in [1.82, 2.24) is 9.97 Å². The number of rotatable bonds is 4. The first-order valence-corrected chi connectivity index (χ1v) is 5.19. The lowest BCUT2D eigenvalue weighted by Gasteiger charge is -2.06. The molecule has 0 aliphatic rings. The molecule has 0 atom stereocenters. The van der Waals surface area contributed by atoms with Crippen molar-refractivity contribution in [3.05, 3.63) is 54.0 Å². The molecule has 0 unspecified atom stereocenters. The van der Waals surface area contributed by atoms with Gasteiger partial charge in [-0.1, -0.05) is 6.07 Å². The molecule has 5 heteroatoms. The molecule has 2 aromatic heterocycles. The summed E-state index contributed by atoms with van der Waals surface area (Å²) in [5.41, 5.74) is 1.04. The summed E-state index contributed by atoms with van der Waals surface area (Å²) in [7, 11) is 0. The Bertz CT molecular complexity index is 488. The molecular formula is C12H11F2N3. The van der Waals surface area contributed by atoms with Gasteiger partial charge in [-0.15, -0.1) is 0 Å². The second-order valence-electron chi connectivity index (χ2n) is 3.52. The predicted octanol–water partition coefficient (Wildman–Crippen LogP) is 2.41. The summed E-state index contributed by atoms with van der Waals surface area (Å²) >= 11 is 0. The van der Waals surface area contributed by atoms with Crippen LogP contribution in [0.5, 0.6) is 0 Å². The summed E-state index contributed by atoms with van der Waals surface area (Å²) in [6, 6.07) is 4.58. The maximum Gasteiger partial charge on any atom is 0.168 e. The Balaban J connectivity index is 1.90. The van der Waals surface area contributed by atoms with E-state index in [9.17, 15) is 8.78 Å². The van der Waals surface area contributed by atoms with Crippen LogP contribution in [0.25, 0.3) is 0 Å². The van der Waals surface area contributed by atoms with Gasteiger partial charge in [0.2, 0.25) is 0 Å². The first kappa shape index (κ1) is 11.4. The van der Waals surface area contributed by atoms with Crippen LogP contribution in [-0.2, 0) is 6.42 Å². The Kier molecular flexibility index (Phi) is 3.59. The zero-order chi connectivity index (χ0) is 12.1.